The molecule has 60 heavy (non-hydrogen) atoms. The van der Waals surface area contributed by atoms with Crippen molar-refractivity contribution in [2.24, 2.45) is 5.92 Å². The van der Waals surface area contributed by atoms with Gasteiger partial charge >= 0.3 is 0 Å². The molecule has 2 aromatic carbocycles. The molecule has 13 nitrogen and oxygen atoms in total. The third-order valence-electron chi connectivity index (χ3n) is 13.1. The van der Waals surface area contributed by atoms with Gasteiger partial charge < -0.3 is 24.8 Å². The Kier molecular flexibility index (Phi) is 11.7. The highest BCUT2D eigenvalue weighted by Crippen LogP contribution is 2.37. The van der Waals surface area contributed by atoms with Crippen LogP contribution in [-0.4, -0.2) is 98.0 Å². The lowest BCUT2D eigenvalue weighted by atomic mass is 9.92. The van der Waals surface area contributed by atoms with E-state index >= 15 is 0 Å². The molecule has 2 saturated heterocycles. The van der Waals surface area contributed by atoms with Gasteiger partial charge in [-0.25, -0.2) is 0 Å². The summed E-state index contributed by atoms with van der Waals surface area (Å²) in [6.45, 7) is 8.02. The van der Waals surface area contributed by atoms with E-state index in [0.717, 1.165) is 125 Å². The maximum atomic E-state index is 13.1. The van der Waals surface area contributed by atoms with Crippen LogP contribution in [0.5, 0.6) is 5.75 Å². The fraction of sp³-hybridized carbons (Fsp3) is 0.457. The number of nitrogens with one attached hydrogen (secondary N) is 1. The Balaban J connectivity index is 0.742. The maximum absolute atomic E-state index is 13.1. The normalized spacial score (nSPS) is 20.4. The highest BCUT2D eigenvalue weighted by molar-refractivity contribution is 6.31. The van der Waals surface area contributed by atoms with Gasteiger partial charge in [-0.15, -0.1) is 10.2 Å². The van der Waals surface area contributed by atoms with Crippen molar-refractivity contribution in [2.75, 3.05) is 44.2 Å². The van der Waals surface area contributed by atoms with Crippen LogP contribution in [0, 0.1) is 17.2 Å². The van der Waals surface area contributed by atoms with E-state index in [1.807, 2.05) is 29.4 Å². The Hall–Kier alpha value is -5.58. The van der Waals surface area contributed by atoms with Crippen LogP contribution in [0.3, 0.4) is 0 Å². The standard InChI is InChI=1S/C46H51ClN10O3/c1-30(58)56-24-18-43-40(29-56)45(38-4-2-3-32-13-19-49-27-39(32)38)53-57(43)35-16-20-54(21-17-35)28-31-14-22-55(23-15-31)44-12-11-42(51-52-44)46(59)50-34-6-9-36(10-7-34)60-37-8-5-33(26-48)41(47)25-37/h2-5,8,11-13,19,25,27,31,34-36H,6-7,9-10,14-18,20-24,28-29H2,1H3,(H,50,59). The number of amides is 2. The number of piperidine rings is 2. The molecule has 2 amide bonds. The van der Waals surface area contributed by atoms with Gasteiger partial charge in [0.05, 0.1) is 28.4 Å². The minimum Gasteiger partial charge on any atom is -0.490 e. The summed E-state index contributed by atoms with van der Waals surface area (Å²) in [6.07, 6.45) is 12.1. The number of benzene rings is 2. The summed E-state index contributed by atoms with van der Waals surface area (Å²) in [7, 11) is 0. The third-order valence-corrected chi connectivity index (χ3v) is 13.4. The van der Waals surface area contributed by atoms with Gasteiger partial charge in [-0.05, 0) is 93.0 Å². The lowest BCUT2D eigenvalue weighted by molar-refractivity contribution is -0.129. The molecule has 3 aliphatic heterocycles. The molecule has 0 unspecified atom stereocenters. The van der Waals surface area contributed by atoms with E-state index in [0.29, 0.717) is 40.5 Å². The van der Waals surface area contributed by atoms with E-state index < -0.39 is 0 Å². The predicted octanol–water partition coefficient (Wildman–Crippen LogP) is 6.99. The van der Waals surface area contributed by atoms with E-state index in [1.54, 1.807) is 31.2 Å². The average Bonchev–Trinajstić information content (AvgIpc) is 3.66. The number of ether oxygens (including phenoxy) is 1. The van der Waals surface area contributed by atoms with Crippen LogP contribution >= 0.6 is 11.6 Å². The second kappa shape index (κ2) is 17.6. The van der Waals surface area contributed by atoms with E-state index in [1.165, 1.54) is 11.3 Å². The zero-order valence-electron chi connectivity index (χ0n) is 34.1. The Morgan fingerprint density at radius 1 is 0.933 bits per heavy atom. The number of nitrogens with zero attached hydrogens (tertiary/aromatic N) is 9. The summed E-state index contributed by atoms with van der Waals surface area (Å²) in [6, 6.07) is 19.7. The van der Waals surface area contributed by atoms with Crippen molar-refractivity contribution < 1.29 is 14.3 Å². The summed E-state index contributed by atoms with van der Waals surface area (Å²) < 4.78 is 8.43. The number of anilines is 1. The van der Waals surface area contributed by atoms with Gasteiger partial charge in [0, 0.05) is 106 Å². The molecule has 0 radical (unpaired) electrons. The van der Waals surface area contributed by atoms with Gasteiger partial charge in [0.15, 0.2) is 11.5 Å². The second-order valence-electron chi connectivity index (χ2n) is 16.9. The third kappa shape index (κ3) is 8.54. The first kappa shape index (κ1) is 39.9. The van der Waals surface area contributed by atoms with E-state index in [2.05, 4.69) is 59.2 Å². The molecular weight excluding hydrogens is 776 g/mol. The zero-order chi connectivity index (χ0) is 41.2. The van der Waals surface area contributed by atoms with Gasteiger partial charge in [-0.1, -0.05) is 29.8 Å². The molecule has 5 aromatic rings. The Morgan fingerprint density at radius 2 is 1.75 bits per heavy atom. The summed E-state index contributed by atoms with van der Waals surface area (Å²) >= 11 is 6.17. The lowest BCUT2D eigenvalue weighted by Gasteiger charge is -2.38. The van der Waals surface area contributed by atoms with E-state index in [4.69, 9.17) is 26.7 Å². The zero-order valence-corrected chi connectivity index (χ0v) is 34.9. The Bertz CT molecular complexity index is 2380. The minimum absolute atomic E-state index is 0.0355. The van der Waals surface area contributed by atoms with Crippen molar-refractivity contribution in [1.82, 2.24) is 40.1 Å². The SMILES string of the molecule is CC(=O)N1CCc2c(c(-c3cccc4ccncc34)nn2C2CCN(CC3CCN(c4ccc(C(=O)NC5CCC(Oc6ccc(C#N)c(Cl)c6)CC5)nn4)CC3)CC2)C1. The number of hydrogen-bond acceptors (Lipinski definition) is 10. The van der Waals surface area contributed by atoms with Crippen LogP contribution < -0.4 is 15.0 Å². The van der Waals surface area contributed by atoms with Crippen LogP contribution in [0.4, 0.5) is 5.82 Å². The van der Waals surface area contributed by atoms with Crippen LogP contribution in [0.1, 0.15) is 91.6 Å². The van der Waals surface area contributed by atoms with E-state index in [-0.39, 0.29) is 24.0 Å². The van der Waals surface area contributed by atoms with Crippen molar-refractivity contribution in [3.8, 4) is 23.1 Å². The Labute approximate surface area is 355 Å². The number of aromatic nitrogens is 5. The van der Waals surface area contributed by atoms with Crippen molar-refractivity contribution in [2.45, 2.75) is 89.4 Å². The largest absolute Gasteiger partial charge is 0.490 e. The highest BCUT2D eigenvalue weighted by Gasteiger charge is 2.33. The predicted molar refractivity (Wildman–Crippen MR) is 230 cm³/mol. The first-order valence-electron chi connectivity index (χ1n) is 21.5. The molecule has 4 aliphatic rings. The van der Waals surface area contributed by atoms with Crippen LogP contribution in [0.2, 0.25) is 5.02 Å². The number of carbonyl (C=O) groups excluding carboxylic acids is 2. The number of likely N-dealkylation sites (tertiary alicyclic amines) is 1. The summed E-state index contributed by atoms with van der Waals surface area (Å²) in [5.41, 5.74) is 5.29. The Morgan fingerprint density at radius 3 is 2.48 bits per heavy atom. The molecule has 310 valence electrons. The molecule has 0 spiro atoms. The smallest absolute Gasteiger partial charge is 0.272 e. The molecule has 0 atom stereocenters. The minimum atomic E-state index is -0.199. The number of nitriles is 1. The first-order valence-corrected chi connectivity index (χ1v) is 21.8. The van der Waals surface area contributed by atoms with E-state index in [9.17, 15) is 9.59 Å². The van der Waals surface area contributed by atoms with Crippen LogP contribution in [0.15, 0.2) is 67.0 Å². The number of carbonyl (C=O) groups is 2. The molecule has 1 N–H and O–H groups in total. The lowest BCUT2D eigenvalue weighted by Crippen LogP contribution is -2.42. The number of rotatable bonds is 9. The molecule has 3 aromatic heterocycles. The van der Waals surface area contributed by atoms with Gasteiger partial charge in [0.1, 0.15) is 11.8 Å². The number of halogens is 1. The number of hydrogen-bond donors (Lipinski definition) is 1. The van der Waals surface area contributed by atoms with Gasteiger partial charge in [-0.2, -0.15) is 10.4 Å². The average molecular weight is 827 g/mol. The quantitative estimate of drug-likeness (QED) is 0.165. The summed E-state index contributed by atoms with van der Waals surface area (Å²) in [5.74, 6) is 2.01. The molecule has 0 bridgehead atoms. The maximum Gasteiger partial charge on any atom is 0.272 e. The fourth-order valence-corrected chi connectivity index (χ4v) is 9.87. The van der Waals surface area contributed by atoms with Crippen LogP contribution in [-0.2, 0) is 17.8 Å². The molecular formula is C46H51ClN10O3. The van der Waals surface area contributed by atoms with Gasteiger partial charge in [-0.3, -0.25) is 19.3 Å². The van der Waals surface area contributed by atoms with Gasteiger partial charge in [0.2, 0.25) is 5.91 Å². The van der Waals surface area contributed by atoms with Crippen molar-refractivity contribution >= 4 is 40.0 Å². The number of pyridine rings is 1. The molecule has 1 saturated carbocycles. The fourth-order valence-electron chi connectivity index (χ4n) is 9.66. The number of fused-ring (bicyclic) bond motifs is 2. The molecule has 14 heteroatoms. The van der Waals surface area contributed by atoms with Crippen molar-refractivity contribution in [3.63, 3.8) is 0 Å². The first-order chi connectivity index (χ1) is 29.3. The molecule has 1 aliphatic carbocycles. The monoisotopic (exact) mass is 826 g/mol. The topological polar surface area (TPSA) is 145 Å². The van der Waals surface area contributed by atoms with Crippen molar-refractivity contribution in [3.05, 3.63) is 94.5 Å². The highest BCUT2D eigenvalue weighted by atomic mass is 35.5. The van der Waals surface area contributed by atoms with Crippen molar-refractivity contribution in [1.29, 1.82) is 5.26 Å². The second-order valence-corrected chi connectivity index (χ2v) is 17.3. The summed E-state index contributed by atoms with van der Waals surface area (Å²) in [4.78, 5) is 36.9. The molecule has 3 fully saturated rings. The van der Waals surface area contributed by atoms with Gasteiger partial charge in [0.25, 0.3) is 5.91 Å². The summed E-state index contributed by atoms with van der Waals surface area (Å²) in [5, 5.41) is 29.0. The molecule has 9 rings (SSSR count). The molecule has 6 heterocycles. The van der Waals surface area contributed by atoms with Crippen LogP contribution in [0.25, 0.3) is 22.0 Å².